The number of carbonyl (C=O) groups excluding carboxylic acids is 1. The van der Waals surface area contributed by atoms with Crippen molar-refractivity contribution in [2.45, 2.75) is 26.7 Å². The fraction of sp³-hybridized carbons (Fsp3) is 0.400. The van der Waals surface area contributed by atoms with Crippen molar-refractivity contribution < 1.29 is 9.53 Å². The number of thiazole rings is 1. The molecule has 3 aromatic rings. The van der Waals surface area contributed by atoms with Gasteiger partial charge in [-0.3, -0.25) is 9.20 Å². The first-order valence-electron chi connectivity index (χ1n) is 8.91. The maximum absolute atomic E-state index is 12.1. The van der Waals surface area contributed by atoms with Gasteiger partial charge in [0.2, 0.25) is 5.91 Å². The molecule has 0 fully saturated rings. The molecule has 0 radical (unpaired) electrons. The Kier molecular flexibility index (Phi) is 6.06. The summed E-state index contributed by atoms with van der Waals surface area (Å²) in [4.78, 5) is 19.7. The monoisotopic (exact) mass is 371 g/mol. The second-order valence-corrected chi connectivity index (χ2v) is 7.19. The van der Waals surface area contributed by atoms with Gasteiger partial charge in [0.05, 0.1) is 12.3 Å². The number of fused-ring (bicyclic) bond motifs is 1. The number of aryl methyl sites for hydroxylation is 1. The van der Waals surface area contributed by atoms with Crippen LogP contribution < -0.4 is 0 Å². The molecular formula is C20H25N3O2S. The third-order valence-corrected chi connectivity index (χ3v) is 5.38. The second kappa shape index (κ2) is 8.47. The predicted molar refractivity (Wildman–Crippen MR) is 106 cm³/mol. The van der Waals surface area contributed by atoms with Gasteiger partial charge in [0.25, 0.3) is 0 Å². The molecule has 0 aliphatic carbocycles. The third-order valence-electron chi connectivity index (χ3n) is 4.49. The quantitative estimate of drug-likeness (QED) is 0.605. The zero-order valence-corrected chi connectivity index (χ0v) is 16.4. The van der Waals surface area contributed by atoms with Gasteiger partial charge in [0.1, 0.15) is 0 Å². The fourth-order valence-electron chi connectivity index (χ4n) is 2.91. The van der Waals surface area contributed by atoms with E-state index in [1.807, 2.05) is 11.8 Å². The molecule has 0 unspecified atom stereocenters. The molecule has 138 valence electrons. The van der Waals surface area contributed by atoms with E-state index in [-0.39, 0.29) is 5.91 Å². The number of aromatic nitrogens is 2. The van der Waals surface area contributed by atoms with Crippen molar-refractivity contribution in [3.8, 4) is 11.3 Å². The van der Waals surface area contributed by atoms with E-state index in [9.17, 15) is 4.79 Å². The summed E-state index contributed by atoms with van der Waals surface area (Å²) in [6.45, 7) is 5.87. The highest BCUT2D eigenvalue weighted by atomic mass is 32.1. The van der Waals surface area contributed by atoms with Crippen LogP contribution in [0.5, 0.6) is 0 Å². The molecular weight excluding hydrogens is 346 g/mol. The number of ether oxygens (including phenoxy) is 1. The van der Waals surface area contributed by atoms with Gasteiger partial charge in [0, 0.05) is 55.9 Å². The number of hydrogen-bond donors (Lipinski definition) is 0. The number of rotatable bonds is 8. The minimum atomic E-state index is 0.166. The molecule has 0 aliphatic heterocycles. The summed E-state index contributed by atoms with van der Waals surface area (Å²) in [6.07, 6.45) is 3.41. The lowest BCUT2D eigenvalue weighted by molar-refractivity contribution is -0.131. The van der Waals surface area contributed by atoms with E-state index in [1.54, 1.807) is 18.4 Å². The number of imidazole rings is 1. The average Bonchev–Trinajstić information content (AvgIpc) is 3.23. The maximum atomic E-state index is 12.1. The van der Waals surface area contributed by atoms with Crippen molar-refractivity contribution in [3.63, 3.8) is 0 Å². The Morgan fingerprint density at radius 2 is 2.04 bits per heavy atom. The van der Waals surface area contributed by atoms with Crippen LogP contribution in [0.3, 0.4) is 0 Å². The zero-order valence-electron chi connectivity index (χ0n) is 15.6. The summed E-state index contributed by atoms with van der Waals surface area (Å²) >= 11 is 1.64. The van der Waals surface area contributed by atoms with Crippen LogP contribution in [0.25, 0.3) is 16.2 Å². The molecule has 3 rings (SSSR count). The molecule has 0 saturated carbocycles. The SMILES string of the molecule is CCC(=O)N(CCOC)CCc1csc2nc(-c3ccc(C)cc3)cn12. The lowest BCUT2D eigenvalue weighted by atomic mass is 10.1. The Morgan fingerprint density at radius 1 is 1.27 bits per heavy atom. The molecule has 0 spiro atoms. The first-order chi connectivity index (χ1) is 12.6. The van der Waals surface area contributed by atoms with Gasteiger partial charge in [-0.15, -0.1) is 11.3 Å². The Bertz CT molecular complexity index is 867. The Balaban J connectivity index is 1.75. The molecule has 0 bridgehead atoms. The largest absolute Gasteiger partial charge is 0.383 e. The van der Waals surface area contributed by atoms with Crippen LogP contribution in [0.4, 0.5) is 0 Å². The van der Waals surface area contributed by atoms with E-state index in [0.717, 1.165) is 22.6 Å². The van der Waals surface area contributed by atoms with Gasteiger partial charge in [0.15, 0.2) is 4.96 Å². The first kappa shape index (κ1) is 18.6. The normalized spacial score (nSPS) is 11.2. The summed E-state index contributed by atoms with van der Waals surface area (Å²) in [6, 6.07) is 8.42. The Morgan fingerprint density at radius 3 is 2.73 bits per heavy atom. The summed E-state index contributed by atoms with van der Waals surface area (Å²) in [5.74, 6) is 0.166. The zero-order chi connectivity index (χ0) is 18.5. The fourth-order valence-corrected chi connectivity index (χ4v) is 3.82. The number of hydrogen-bond acceptors (Lipinski definition) is 4. The van der Waals surface area contributed by atoms with Gasteiger partial charge in [-0.2, -0.15) is 0 Å². The Hall–Kier alpha value is -2.18. The Labute approximate surface area is 158 Å². The highest BCUT2D eigenvalue weighted by molar-refractivity contribution is 7.15. The number of benzene rings is 1. The van der Waals surface area contributed by atoms with E-state index in [1.165, 1.54) is 11.3 Å². The standard InChI is InChI=1S/C20H25N3O2S/c1-4-19(24)22(11-12-25-3)10-9-17-14-26-20-21-18(13-23(17)20)16-7-5-15(2)6-8-16/h5-8,13-14H,4,9-12H2,1-3H3. The molecule has 5 nitrogen and oxygen atoms in total. The molecule has 26 heavy (non-hydrogen) atoms. The van der Waals surface area contributed by atoms with Crippen molar-refractivity contribution in [2.75, 3.05) is 26.8 Å². The van der Waals surface area contributed by atoms with Gasteiger partial charge >= 0.3 is 0 Å². The van der Waals surface area contributed by atoms with Crippen LogP contribution in [-0.4, -0.2) is 47.0 Å². The highest BCUT2D eigenvalue weighted by Gasteiger charge is 2.14. The molecule has 0 aliphatic rings. The first-order valence-corrected chi connectivity index (χ1v) is 9.79. The van der Waals surface area contributed by atoms with E-state index >= 15 is 0 Å². The number of amides is 1. The van der Waals surface area contributed by atoms with E-state index in [0.29, 0.717) is 26.1 Å². The lowest BCUT2D eigenvalue weighted by Gasteiger charge is -2.21. The van der Waals surface area contributed by atoms with Crippen LogP contribution in [0.15, 0.2) is 35.8 Å². The summed E-state index contributed by atoms with van der Waals surface area (Å²) in [7, 11) is 1.66. The van der Waals surface area contributed by atoms with E-state index < -0.39 is 0 Å². The minimum absolute atomic E-state index is 0.166. The van der Waals surface area contributed by atoms with Crippen LogP contribution >= 0.6 is 11.3 Å². The van der Waals surface area contributed by atoms with Gasteiger partial charge in [-0.1, -0.05) is 36.8 Å². The third kappa shape index (κ3) is 4.14. The molecule has 0 N–H and O–H groups in total. The molecule has 6 heteroatoms. The van der Waals surface area contributed by atoms with Crippen LogP contribution in [-0.2, 0) is 16.0 Å². The van der Waals surface area contributed by atoms with Crippen molar-refractivity contribution in [1.29, 1.82) is 0 Å². The molecule has 0 atom stereocenters. The molecule has 0 saturated heterocycles. The van der Waals surface area contributed by atoms with Crippen LogP contribution in [0.2, 0.25) is 0 Å². The molecule has 2 aromatic heterocycles. The maximum Gasteiger partial charge on any atom is 0.222 e. The van der Waals surface area contributed by atoms with Crippen LogP contribution in [0.1, 0.15) is 24.6 Å². The second-order valence-electron chi connectivity index (χ2n) is 6.35. The van der Waals surface area contributed by atoms with Gasteiger partial charge in [-0.05, 0) is 6.92 Å². The lowest BCUT2D eigenvalue weighted by Crippen LogP contribution is -2.35. The van der Waals surface area contributed by atoms with Crippen molar-refractivity contribution in [3.05, 3.63) is 47.1 Å². The smallest absolute Gasteiger partial charge is 0.222 e. The topological polar surface area (TPSA) is 46.8 Å². The van der Waals surface area contributed by atoms with Gasteiger partial charge < -0.3 is 9.64 Å². The number of methoxy groups -OCH3 is 1. The molecule has 1 aromatic carbocycles. The van der Waals surface area contributed by atoms with E-state index in [4.69, 9.17) is 9.72 Å². The van der Waals surface area contributed by atoms with Gasteiger partial charge in [-0.25, -0.2) is 4.98 Å². The summed E-state index contributed by atoms with van der Waals surface area (Å²) < 4.78 is 7.27. The number of nitrogens with zero attached hydrogens (tertiary/aromatic N) is 3. The van der Waals surface area contributed by atoms with Crippen molar-refractivity contribution >= 4 is 22.2 Å². The predicted octanol–water partition coefficient (Wildman–Crippen LogP) is 3.80. The molecule has 1 amide bonds. The van der Waals surface area contributed by atoms with Crippen molar-refractivity contribution in [2.24, 2.45) is 0 Å². The summed E-state index contributed by atoms with van der Waals surface area (Å²) in [5.41, 5.74) is 4.54. The summed E-state index contributed by atoms with van der Waals surface area (Å²) in [5, 5.41) is 2.13. The van der Waals surface area contributed by atoms with Crippen molar-refractivity contribution in [1.82, 2.24) is 14.3 Å². The highest BCUT2D eigenvalue weighted by Crippen LogP contribution is 2.24. The number of carbonyl (C=O) groups is 1. The minimum Gasteiger partial charge on any atom is -0.383 e. The van der Waals surface area contributed by atoms with Crippen LogP contribution in [0, 0.1) is 6.92 Å². The average molecular weight is 372 g/mol. The molecule has 2 heterocycles. The van der Waals surface area contributed by atoms with E-state index in [2.05, 4.69) is 47.2 Å².